The van der Waals surface area contributed by atoms with Crippen molar-refractivity contribution in [3.8, 4) is 11.4 Å². The van der Waals surface area contributed by atoms with E-state index in [1.165, 1.54) is 43.9 Å². The molecule has 5 nitrogen and oxygen atoms in total. The third-order valence-corrected chi connectivity index (χ3v) is 9.26. The summed E-state index contributed by atoms with van der Waals surface area (Å²) in [5.74, 6) is 3.46. The molecule has 0 N–H and O–H groups in total. The molecular weight excluding hydrogens is 422 g/mol. The van der Waals surface area contributed by atoms with Gasteiger partial charge in [0.2, 0.25) is 0 Å². The van der Waals surface area contributed by atoms with Gasteiger partial charge in [-0.1, -0.05) is 42.5 Å². The Hall–Kier alpha value is -3.21. The first-order valence-corrected chi connectivity index (χ1v) is 12.7. The summed E-state index contributed by atoms with van der Waals surface area (Å²) in [6.07, 6.45) is 8.17. The number of hydrogen-bond donors (Lipinski definition) is 0. The predicted molar refractivity (Wildman–Crippen MR) is 135 cm³/mol. The first-order chi connectivity index (χ1) is 16.5. The van der Waals surface area contributed by atoms with Gasteiger partial charge < -0.3 is 4.57 Å². The Kier molecular flexibility index (Phi) is 4.24. The fourth-order valence-electron chi connectivity index (χ4n) is 8.15. The zero-order valence-corrected chi connectivity index (χ0v) is 19.5. The predicted octanol–water partition coefficient (Wildman–Crippen LogP) is 7.54. The Morgan fingerprint density at radius 2 is 1.68 bits per heavy atom. The Balaban J connectivity index is 1.47. The molecule has 0 aliphatic heterocycles. The van der Waals surface area contributed by atoms with E-state index in [2.05, 4.69) is 47.9 Å². The monoisotopic (exact) mass is 451 g/mol. The molecule has 8 rings (SSSR count). The summed E-state index contributed by atoms with van der Waals surface area (Å²) in [5, 5.41) is 13.9. The highest BCUT2D eigenvalue weighted by Gasteiger charge is 2.54. The second-order valence-corrected chi connectivity index (χ2v) is 11.2. The molecule has 4 fully saturated rings. The van der Waals surface area contributed by atoms with Gasteiger partial charge in [-0.25, -0.2) is 4.98 Å². The van der Waals surface area contributed by atoms with Gasteiger partial charge in [-0.15, -0.1) is 0 Å². The van der Waals surface area contributed by atoms with Gasteiger partial charge in [0.15, 0.2) is 0 Å². The van der Waals surface area contributed by atoms with Crippen molar-refractivity contribution in [3.63, 3.8) is 0 Å². The largest absolute Gasteiger partial charge is 0.321 e. The topological polar surface area (TPSA) is 61.0 Å². The summed E-state index contributed by atoms with van der Waals surface area (Å²) in [5.41, 5.74) is 3.37. The highest BCUT2D eigenvalue weighted by atomic mass is 16.6. The van der Waals surface area contributed by atoms with Crippen LogP contribution in [0.5, 0.6) is 0 Å². The maximum atomic E-state index is 11.6. The van der Waals surface area contributed by atoms with Crippen LogP contribution in [0.25, 0.3) is 33.2 Å². The molecule has 34 heavy (non-hydrogen) atoms. The van der Waals surface area contributed by atoms with Crippen LogP contribution in [0.3, 0.4) is 0 Å². The Labute approximate surface area is 199 Å². The van der Waals surface area contributed by atoms with Crippen LogP contribution in [0.1, 0.15) is 51.5 Å². The van der Waals surface area contributed by atoms with Gasteiger partial charge >= 0.3 is 0 Å². The lowest BCUT2D eigenvalue weighted by Gasteiger charge is -2.59. The average Bonchev–Trinajstić information content (AvgIpc) is 3.23. The summed E-state index contributed by atoms with van der Waals surface area (Å²) in [6.45, 7) is 2.39. The number of imidazole rings is 1. The third-order valence-electron chi connectivity index (χ3n) is 9.26. The van der Waals surface area contributed by atoms with Crippen LogP contribution >= 0.6 is 0 Å². The van der Waals surface area contributed by atoms with E-state index in [4.69, 9.17) is 4.98 Å². The number of aromatic nitrogens is 2. The van der Waals surface area contributed by atoms with Crippen LogP contribution < -0.4 is 0 Å². The lowest BCUT2D eigenvalue weighted by Crippen LogP contribution is -2.49. The number of hydrogen-bond acceptors (Lipinski definition) is 3. The van der Waals surface area contributed by atoms with E-state index in [-0.39, 0.29) is 10.6 Å². The zero-order chi connectivity index (χ0) is 23.0. The molecule has 5 heteroatoms. The van der Waals surface area contributed by atoms with Crippen LogP contribution in [0, 0.1) is 33.3 Å². The smallest absolute Gasteiger partial charge is 0.270 e. The van der Waals surface area contributed by atoms with Gasteiger partial charge in [0.1, 0.15) is 5.82 Å². The van der Waals surface area contributed by atoms with Gasteiger partial charge in [0, 0.05) is 29.1 Å². The lowest BCUT2D eigenvalue weighted by molar-refractivity contribution is -0.384. The standard InChI is InChI=1S/C29H29N3O2/c1-18(29-15-19-11-20(16-29)13-21(12-19)17-29)31-26-10-9-22-5-2-3-8-25(22)27(26)30-28(31)23-6-4-7-24(14-23)32(33)34/h2-10,14,18-21H,11-13,15-17H2,1H3. The molecule has 0 radical (unpaired) electrons. The van der Waals surface area contributed by atoms with E-state index in [1.54, 1.807) is 18.2 Å². The van der Waals surface area contributed by atoms with E-state index < -0.39 is 0 Å². The molecule has 4 aliphatic rings. The van der Waals surface area contributed by atoms with Gasteiger partial charge in [0.05, 0.1) is 16.0 Å². The van der Waals surface area contributed by atoms with Crippen molar-refractivity contribution in [2.75, 3.05) is 0 Å². The number of nitro benzene ring substituents is 1. The summed E-state index contributed by atoms with van der Waals surface area (Å²) in [7, 11) is 0. The quantitative estimate of drug-likeness (QED) is 0.238. The van der Waals surface area contributed by atoms with Crippen molar-refractivity contribution < 1.29 is 4.92 Å². The Morgan fingerprint density at radius 1 is 0.971 bits per heavy atom. The van der Waals surface area contributed by atoms with Crippen LogP contribution in [-0.4, -0.2) is 14.5 Å². The van der Waals surface area contributed by atoms with Gasteiger partial charge in [0.25, 0.3) is 5.69 Å². The van der Waals surface area contributed by atoms with Crippen molar-refractivity contribution >= 4 is 27.5 Å². The van der Waals surface area contributed by atoms with Crippen molar-refractivity contribution in [1.82, 2.24) is 9.55 Å². The number of fused-ring (bicyclic) bond motifs is 3. The molecule has 4 aliphatic carbocycles. The third kappa shape index (κ3) is 2.88. The van der Waals surface area contributed by atoms with E-state index in [1.807, 2.05) is 6.07 Å². The molecule has 0 saturated heterocycles. The maximum Gasteiger partial charge on any atom is 0.270 e. The zero-order valence-electron chi connectivity index (χ0n) is 19.5. The highest BCUT2D eigenvalue weighted by molar-refractivity contribution is 6.05. The van der Waals surface area contributed by atoms with Gasteiger partial charge in [-0.05, 0) is 80.1 Å². The molecule has 0 spiro atoms. The van der Waals surface area contributed by atoms with Crippen LogP contribution in [0.4, 0.5) is 5.69 Å². The molecule has 4 aromatic rings. The Morgan fingerprint density at radius 3 is 2.38 bits per heavy atom. The van der Waals surface area contributed by atoms with Crippen molar-refractivity contribution in [2.45, 2.75) is 51.5 Å². The fraction of sp³-hybridized carbons (Fsp3) is 0.414. The van der Waals surface area contributed by atoms with Crippen LogP contribution in [-0.2, 0) is 0 Å². The summed E-state index contributed by atoms with van der Waals surface area (Å²) >= 11 is 0. The van der Waals surface area contributed by atoms with Gasteiger partial charge in [-0.2, -0.15) is 0 Å². The first kappa shape index (κ1) is 20.2. The van der Waals surface area contributed by atoms with Crippen LogP contribution in [0.15, 0.2) is 60.7 Å². The molecule has 3 aromatic carbocycles. The molecule has 4 saturated carbocycles. The number of benzene rings is 3. The second-order valence-electron chi connectivity index (χ2n) is 11.2. The molecule has 1 aromatic heterocycles. The van der Waals surface area contributed by atoms with Crippen molar-refractivity contribution in [3.05, 3.63) is 70.8 Å². The average molecular weight is 452 g/mol. The number of nitrogens with zero attached hydrogens (tertiary/aromatic N) is 3. The molecular formula is C29H29N3O2. The van der Waals surface area contributed by atoms with E-state index >= 15 is 0 Å². The maximum absolute atomic E-state index is 11.6. The summed E-state index contributed by atoms with van der Waals surface area (Å²) < 4.78 is 2.44. The molecule has 1 atom stereocenters. The summed E-state index contributed by atoms with van der Waals surface area (Å²) in [4.78, 5) is 16.4. The Bertz CT molecular complexity index is 1420. The number of nitro groups is 1. The number of rotatable bonds is 4. The van der Waals surface area contributed by atoms with E-state index in [0.29, 0.717) is 11.5 Å². The van der Waals surface area contributed by atoms with E-state index in [9.17, 15) is 10.1 Å². The molecule has 4 bridgehead atoms. The highest BCUT2D eigenvalue weighted by Crippen LogP contribution is 2.64. The normalized spacial score (nSPS) is 28.6. The molecule has 1 heterocycles. The van der Waals surface area contributed by atoms with Gasteiger partial charge in [-0.3, -0.25) is 10.1 Å². The van der Waals surface area contributed by atoms with Crippen molar-refractivity contribution in [2.24, 2.45) is 23.2 Å². The first-order valence-electron chi connectivity index (χ1n) is 12.7. The minimum Gasteiger partial charge on any atom is -0.321 e. The second kappa shape index (κ2) is 7.14. The fourth-order valence-corrected chi connectivity index (χ4v) is 8.15. The molecule has 172 valence electrons. The lowest BCUT2D eigenvalue weighted by atomic mass is 9.48. The number of non-ortho nitro benzene ring substituents is 1. The molecule has 0 amide bonds. The van der Waals surface area contributed by atoms with Crippen molar-refractivity contribution in [1.29, 1.82) is 0 Å². The van der Waals surface area contributed by atoms with E-state index in [0.717, 1.165) is 45.6 Å². The SMILES string of the molecule is CC(n1c(-c2cccc([N+](=O)[O-])c2)nc2c3ccccc3ccc21)C12CC3CC(CC(C3)C1)C2. The van der Waals surface area contributed by atoms with Crippen LogP contribution in [0.2, 0.25) is 0 Å². The minimum atomic E-state index is -0.311. The summed E-state index contributed by atoms with van der Waals surface area (Å²) in [6, 6.07) is 20.1. The molecule has 1 unspecified atom stereocenters. The minimum absolute atomic E-state index is 0.114.